The minimum atomic E-state index is -1.55. The normalized spacial score (nSPS) is 26.7. The van der Waals surface area contributed by atoms with Crippen LogP contribution in [0.25, 0.3) is 0 Å². The molecule has 3 aliphatic rings. The highest BCUT2D eigenvalue weighted by Crippen LogP contribution is 2.28. The van der Waals surface area contributed by atoms with Crippen molar-refractivity contribution in [3.63, 3.8) is 0 Å². The molecule has 11 heteroatoms. The second-order valence-corrected chi connectivity index (χ2v) is 16.9. The topological polar surface area (TPSA) is 173 Å². The number of nitrogens with one attached hydrogen (secondary N) is 2. The van der Waals surface area contributed by atoms with Crippen LogP contribution in [-0.2, 0) is 14.2 Å². The van der Waals surface area contributed by atoms with Crippen molar-refractivity contribution in [1.82, 2.24) is 10.6 Å². The standard InChI is InChI=1S/C42H82N2O9/c1-2-3-4-5-6-7-8-9-10-14-17-20-23-35(46)37(47)34(30-52-41-40(50)39(49)38(48)36(29-45)53-41)44-42(31-51-32-42)26-21-18-15-12-11-13-16-19-22-33-24-27-43-28-25-33/h33-41,43-50H,2-32H2,1H3/t34-,35+,36?,37-,38?,39?,40?,41?/m0/s1. The first-order valence-electron chi connectivity index (χ1n) is 22.1. The largest absolute Gasteiger partial charge is 0.394 e. The van der Waals surface area contributed by atoms with Crippen molar-refractivity contribution in [1.29, 1.82) is 0 Å². The third kappa shape index (κ3) is 18.1. The van der Waals surface area contributed by atoms with E-state index >= 15 is 0 Å². The monoisotopic (exact) mass is 759 g/mol. The van der Waals surface area contributed by atoms with Crippen LogP contribution in [0.3, 0.4) is 0 Å². The number of piperidine rings is 1. The van der Waals surface area contributed by atoms with Gasteiger partial charge >= 0.3 is 0 Å². The summed E-state index contributed by atoms with van der Waals surface area (Å²) in [5.74, 6) is 0.926. The Morgan fingerprint density at radius 3 is 1.81 bits per heavy atom. The molecule has 0 aromatic carbocycles. The third-order valence-electron chi connectivity index (χ3n) is 12.2. The van der Waals surface area contributed by atoms with Gasteiger partial charge in [-0.2, -0.15) is 0 Å². The predicted molar refractivity (Wildman–Crippen MR) is 210 cm³/mol. The summed E-state index contributed by atoms with van der Waals surface area (Å²) >= 11 is 0. The zero-order valence-electron chi connectivity index (χ0n) is 33.5. The molecule has 53 heavy (non-hydrogen) atoms. The van der Waals surface area contributed by atoms with Gasteiger partial charge in [0, 0.05) is 0 Å². The van der Waals surface area contributed by atoms with Gasteiger partial charge in [0.1, 0.15) is 24.4 Å². The van der Waals surface area contributed by atoms with E-state index in [-0.39, 0.29) is 12.1 Å². The van der Waals surface area contributed by atoms with Crippen molar-refractivity contribution in [2.24, 2.45) is 5.92 Å². The lowest BCUT2D eigenvalue weighted by molar-refractivity contribution is -0.303. The van der Waals surface area contributed by atoms with E-state index in [1.165, 1.54) is 129 Å². The van der Waals surface area contributed by atoms with Crippen LogP contribution in [0, 0.1) is 5.92 Å². The molecule has 0 aliphatic carbocycles. The van der Waals surface area contributed by atoms with Gasteiger partial charge in [-0.05, 0) is 44.7 Å². The SMILES string of the molecule is CCCCCCCCCCCCCC[C@@H](O)[C@@H](O)[C@H](COC1OC(CO)C(O)C(O)C1O)NC1(CCCCCCCCCCC2CCNCC2)COC1. The van der Waals surface area contributed by atoms with Crippen LogP contribution >= 0.6 is 0 Å². The minimum absolute atomic E-state index is 0.112. The molecule has 314 valence electrons. The minimum Gasteiger partial charge on any atom is -0.394 e. The summed E-state index contributed by atoms with van der Waals surface area (Å²) in [5, 5.41) is 70.3. The van der Waals surface area contributed by atoms with Crippen molar-refractivity contribution in [2.45, 2.75) is 222 Å². The molecular weight excluding hydrogens is 676 g/mol. The van der Waals surface area contributed by atoms with Crippen molar-refractivity contribution in [2.75, 3.05) is 39.5 Å². The number of rotatable bonds is 32. The van der Waals surface area contributed by atoms with Crippen LogP contribution in [0.15, 0.2) is 0 Å². The van der Waals surface area contributed by atoms with Crippen LogP contribution in [0.1, 0.15) is 167 Å². The summed E-state index contributed by atoms with van der Waals surface area (Å²) in [4.78, 5) is 0. The highest BCUT2D eigenvalue weighted by Gasteiger charge is 2.46. The van der Waals surface area contributed by atoms with Gasteiger partial charge in [0.25, 0.3) is 0 Å². The molecule has 3 heterocycles. The van der Waals surface area contributed by atoms with Crippen LogP contribution < -0.4 is 10.6 Å². The molecule has 0 aromatic rings. The maximum Gasteiger partial charge on any atom is 0.186 e. The Balaban J connectivity index is 1.40. The molecule has 3 rings (SSSR count). The molecule has 0 aromatic heterocycles. The molecule has 3 fully saturated rings. The maximum absolute atomic E-state index is 11.5. The number of hydrogen-bond donors (Lipinski definition) is 8. The Kier molecular flexibility index (Phi) is 24.8. The van der Waals surface area contributed by atoms with Gasteiger partial charge in [-0.25, -0.2) is 0 Å². The number of aliphatic hydroxyl groups is 6. The Morgan fingerprint density at radius 2 is 1.26 bits per heavy atom. The molecule has 3 aliphatic heterocycles. The van der Waals surface area contributed by atoms with E-state index in [4.69, 9.17) is 14.2 Å². The van der Waals surface area contributed by atoms with Gasteiger partial charge in [0.05, 0.1) is 50.2 Å². The fourth-order valence-corrected chi connectivity index (χ4v) is 8.43. The molecule has 0 bridgehead atoms. The Labute approximate surface area is 322 Å². The van der Waals surface area contributed by atoms with Gasteiger partial charge in [-0.1, -0.05) is 142 Å². The first kappa shape index (κ1) is 46.9. The van der Waals surface area contributed by atoms with E-state index in [1.54, 1.807) is 0 Å². The zero-order chi connectivity index (χ0) is 38.2. The van der Waals surface area contributed by atoms with Crippen molar-refractivity contribution < 1.29 is 44.8 Å². The maximum atomic E-state index is 11.5. The predicted octanol–water partition coefficient (Wildman–Crippen LogP) is 5.24. The molecule has 8 atom stereocenters. The summed E-state index contributed by atoms with van der Waals surface area (Å²) in [6.45, 7) is 4.97. The van der Waals surface area contributed by atoms with E-state index in [2.05, 4.69) is 17.6 Å². The molecular formula is C42H82N2O9. The summed E-state index contributed by atoms with van der Waals surface area (Å²) in [6.07, 6.45) is 21.0. The molecule has 0 spiro atoms. The van der Waals surface area contributed by atoms with Crippen molar-refractivity contribution >= 4 is 0 Å². The summed E-state index contributed by atoms with van der Waals surface area (Å²) < 4.78 is 17.1. The van der Waals surface area contributed by atoms with Gasteiger partial charge < -0.3 is 50.2 Å². The third-order valence-corrected chi connectivity index (χ3v) is 12.2. The first-order valence-corrected chi connectivity index (χ1v) is 22.1. The second-order valence-electron chi connectivity index (χ2n) is 16.9. The lowest BCUT2D eigenvalue weighted by Crippen LogP contribution is -2.67. The van der Waals surface area contributed by atoms with Gasteiger partial charge in [0.15, 0.2) is 6.29 Å². The zero-order valence-corrected chi connectivity index (χ0v) is 33.5. The number of unbranched alkanes of at least 4 members (excludes halogenated alkanes) is 18. The van der Waals surface area contributed by atoms with Crippen LogP contribution in [0.4, 0.5) is 0 Å². The highest BCUT2D eigenvalue weighted by molar-refractivity contribution is 4.99. The van der Waals surface area contributed by atoms with Gasteiger partial charge in [-0.15, -0.1) is 0 Å². The highest BCUT2D eigenvalue weighted by atomic mass is 16.7. The molecule has 0 radical (unpaired) electrons. The van der Waals surface area contributed by atoms with E-state index < -0.39 is 55.6 Å². The quantitative estimate of drug-likeness (QED) is 0.0422. The molecule has 11 nitrogen and oxygen atoms in total. The number of ether oxygens (including phenoxy) is 3. The Bertz CT molecular complexity index is 876. The first-order chi connectivity index (χ1) is 25.8. The number of hydrogen-bond acceptors (Lipinski definition) is 11. The molecule has 0 saturated carbocycles. The van der Waals surface area contributed by atoms with E-state index in [0.717, 1.165) is 44.4 Å². The molecule has 0 amide bonds. The second kappa shape index (κ2) is 28.0. The van der Waals surface area contributed by atoms with E-state index in [1.807, 2.05) is 0 Å². The van der Waals surface area contributed by atoms with Crippen LogP contribution in [-0.4, -0.2) is 125 Å². The Hall–Kier alpha value is -0.440. The van der Waals surface area contributed by atoms with Crippen LogP contribution in [0.2, 0.25) is 0 Å². The smallest absolute Gasteiger partial charge is 0.186 e. The lowest BCUT2D eigenvalue weighted by atomic mass is 9.87. The summed E-state index contributed by atoms with van der Waals surface area (Å²) in [6, 6.07) is -0.691. The van der Waals surface area contributed by atoms with Crippen molar-refractivity contribution in [3.05, 3.63) is 0 Å². The summed E-state index contributed by atoms with van der Waals surface area (Å²) in [5.41, 5.74) is -0.352. The van der Waals surface area contributed by atoms with Gasteiger partial charge in [-0.3, -0.25) is 5.32 Å². The number of aliphatic hydroxyl groups excluding tert-OH is 6. The fraction of sp³-hybridized carbons (Fsp3) is 1.00. The average Bonchev–Trinajstić information content (AvgIpc) is 3.15. The lowest BCUT2D eigenvalue weighted by Gasteiger charge is -2.46. The van der Waals surface area contributed by atoms with E-state index in [0.29, 0.717) is 19.6 Å². The molecule has 5 unspecified atom stereocenters. The van der Waals surface area contributed by atoms with E-state index in [9.17, 15) is 30.6 Å². The molecule has 3 saturated heterocycles. The average molecular weight is 759 g/mol. The molecule has 8 N–H and O–H groups in total. The van der Waals surface area contributed by atoms with Crippen molar-refractivity contribution in [3.8, 4) is 0 Å². The Morgan fingerprint density at radius 1 is 0.717 bits per heavy atom. The van der Waals surface area contributed by atoms with Gasteiger partial charge in [0.2, 0.25) is 0 Å². The van der Waals surface area contributed by atoms with Crippen LogP contribution in [0.5, 0.6) is 0 Å². The fourth-order valence-electron chi connectivity index (χ4n) is 8.43. The summed E-state index contributed by atoms with van der Waals surface area (Å²) in [7, 11) is 0.